The molecule has 1 rings (SSSR count). The molecule has 0 aliphatic carbocycles. The van der Waals surface area contributed by atoms with Gasteiger partial charge in [-0.1, -0.05) is 30.3 Å². The smallest absolute Gasteiger partial charge is 0.232 e. The van der Waals surface area contributed by atoms with Crippen molar-refractivity contribution in [2.24, 2.45) is 0 Å². The van der Waals surface area contributed by atoms with Crippen molar-refractivity contribution in [2.75, 3.05) is 18.9 Å². The van der Waals surface area contributed by atoms with E-state index in [1.165, 1.54) is 5.56 Å². The van der Waals surface area contributed by atoms with Gasteiger partial charge in [0.2, 0.25) is 5.91 Å². The zero-order valence-corrected chi connectivity index (χ0v) is 11.8. The standard InChI is InChI=1S/C14H21NO2S/c1-12(2)15(8-9-16)14(17)11-18-10-13-6-4-3-5-7-13/h3-7,12,16H,8-11H2,1-2H3. The SMILES string of the molecule is CC(C)N(CCO)C(=O)CSCc1ccccc1. The van der Waals surface area contributed by atoms with E-state index in [-0.39, 0.29) is 18.6 Å². The van der Waals surface area contributed by atoms with Crippen molar-refractivity contribution in [3.8, 4) is 0 Å². The molecule has 18 heavy (non-hydrogen) atoms. The first-order valence-electron chi connectivity index (χ1n) is 6.17. The molecule has 0 aliphatic heterocycles. The summed E-state index contributed by atoms with van der Waals surface area (Å²) in [5, 5.41) is 8.94. The first-order chi connectivity index (χ1) is 8.65. The predicted octanol–water partition coefficient (Wildman–Crippen LogP) is 2.15. The Morgan fingerprint density at radius 3 is 2.56 bits per heavy atom. The first kappa shape index (κ1) is 15.1. The number of amides is 1. The third kappa shape index (κ3) is 5.10. The molecule has 0 bridgehead atoms. The Bertz CT molecular complexity index is 354. The van der Waals surface area contributed by atoms with E-state index in [1.54, 1.807) is 16.7 Å². The van der Waals surface area contributed by atoms with Crippen LogP contribution in [0.5, 0.6) is 0 Å². The number of aliphatic hydroxyl groups excluding tert-OH is 1. The van der Waals surface area contributed by atoms with Crippen LogP contribution in [0.4, 0.5) is 0 Å². The van der Waals surface area contributed by atoms with E-state index in [2.05, 4.69) is 12.1 Å². The number of carbonyl (C=O) groups excluding carboxylic acids is 1. The van der Waals surface area contributed by atoms with Crippen molar-refractivity contribution in [3.63, 3.8) is 0 Å². The normalized spacial score (nSPS) is 10.7. The molecule has 0 aliphatic rings. The fourth-order valence-electron chi connectivity index (χ4n) is 1.69. The second-order valence-corrected chi connectivity index (χ2v) is 5.37. The van der Waals surface area contributed by atoms with E-state index >= 15 is 0 Å². The van der Waals surface area contributed by atoms with Gasteiger partial charge in [-0.25, -0.2) is 0 Å². The monoisotopic (exact) mass is 267 g/mol. The lowest BCUT2D eigenvalue weighted by Gasteiger charge is -2.25. The fraction of sp³-hybridized carbons (Fsp3) is 0.500. The summed E-state index contributed by atoms with van der Waals surface area (Å²) in [4.78, 5) is 13.7. The molecule has 1 aromatic rings. The summed E-state index contributed by atoms with van der Waals surface area (Å²) < 4.78 is 0. The van der Waals surface area contributed by atoms with E-state index in [9.17, 15) is 4.79 Å². The van der Waals surface area contributed by atoms with Crippen LogP contribution in [-0.2, 0) is 10.5 Å². The van der Waals surface area contributed by atoms with Crippen LogP contribution >= 0.6 is 11.8 Å². The van der Waals surface area contributed by atoms with Crippen LogP contribution in [0.1, 0.15) is 19.4 Å². The summed E-state index contributed by atoms with van der Waals surface area (Å²) in [5.41, 5.74) is 1.23. The van der Waals surface area contributed by atoms with Crippen molar-refractivity contribution < 1.29 is 9.90 Å². The largest absolute Gasteiger partial charge is 0.395 e. The van der Waals surface area contributed by atoms with Gasteiger partial charge in [-0.2, -0.15) is 0 Å². The van der Waals surface area contributed by atoms with Crippen LogP contribution in [0.15, 0.2) is 30.3 Å². The van der Waals surface area contributed by atoms with E-state index in [4.69, 9.17) is 5.11 Å². The molecule has 0 saturated carbocycles. The molecule has 1 aromatic carbocycles. The van der Waals surface area contributed by atoms with Crippen molar-refractivity contribution >= 4 is 17.7 Å². The van der Waals surface area contributed by atoms with Gasteiger partial charge in [-0.05, 0) is 19.4 Å². The van der Waals surface area contributed by atoms with Crippen LogP contribution in [0.2, 0.25) is 0 Å². The molecular formula is C14H21NO2S. The molecule has 1 N–H and O–H groups in total. The summed E-state index contributed by atoms with van der Waals surface area (Å²) in [5.74, 6) is 1.41. The quantitative estimate of drug-likeness (QED) is 0.823. The van der Waals surface area contributed by atoms with Gasteiger partial charge < -0.3 is 10.0 Å². The second-order valence-electron chi connectivity index (χ2n) is 4.38. The summed E-state index contributed by atoms with van der Waals surface area (Å²) in [6, 6.07) is 10.3. The highest BCUT2D eigenvalue weighted by Gasteiger charge is 2.15. The fourth-order valence-corrected chi connectivity index (χ4v) is 2.56. The second kappa shape index (κ2) is 8.16. The predicted molar refractivity (Wildman–Crippen MR) is 76.5 cm³/mol. The number of thioether (sulfide) groups is 1. The third-order valence-corrected chi connectivity index (χ3v) is 3.61. The van der Waals surface area contributed by atoms with Crippen molar-refractivity contribution in [1.29, 1.82) is 0 Å². The molecule has 0 radical (unpaired) electrons. The molecule has 0 spiro atoms. The molecule has 0 fully saturated rings. The van der Waals surface area contributed by atoms with E-state index in [0.29, 0.717) is 12.3 Å². The minimum Gasteiger partial charge on any atom is -0.395 e. The Morgan fingerprint density at radius 2 is 2.00 bits per heavy atom. The lowest BCUT2D eigenvalue weighted by Crippen LogP contribution is -2.40. The summed E-state index contributed by atoms with van der Waals surface area (Å²) in [6.45, 7) is 4.38. The van der Waals surface area contributed by atoms with Gasteiger partial charge in [0.1, 0.15) is 0 Å². The maximum absolute atomic E-state index is 12.0. The maximum atomic E-state index is 12.0. The number of nitrogens with zero attached hydrogens (tertiary/aromatic N) is 1. The number of aliphatic hydroxyl groups is 1. The minimum atomic E-state index is 0.0211. The number of hydrogen-bond acceptors (Lipinski definition) is 3. The third-order valence-electron chi connectivity index (χ3n) is 2.62. The van der Waals surface area contributed by atoms with Crippen LogP contribution in [0, 0.1) is 0 Å². The first-order valence-corrected chi connectivity index (χ1v) is 7.32. The lowest BCUT2D eigenvalue weighted by molar-refractivity contribution is -0.130. The van der Waals surface area contributed by atoms with Crippen LogP contribution in [0.25, 0.3) is 0 Å². The van der Waals surface area contributed by atoms with E-state index in [1.807, 2.05) is 32.0 Å². The zero-order valence-electron chi connectivity index (χ0n) is 11.0. The molecule has 0 aromatic heterocycles. The summed E-state index contributed by atoms with van der Waals surface area (Å²) in [6.07, 6.45) is 0. The van der Waals surface area contributed by atoms with Crippen LogP contribution < -0.4 is 0 Å². The van der Waals surface area contributed by atoms with Gasteiger partial charge >= 0.3 is 0 Å². The number of benzene rings is 1. The topological polar surface area (TPSA) is 40.5 Å². The number of hydrogen-bond donors (Lipinski definition) is 1. The highest BCUT2D eigenvalue weighted by molar-refractivity contribution is 7.99. The Hall–Kier alpha value is -1.00. The molecule has 0 unspecified atom stereocenters. The Kier molecular flexibility index (Phi) is 6.83. The summed E-state index contributed by atoms with van der Waals surface area (Å²) >= 11 is 1.61. The van der Waals surface area contributed by atoms with Crippen molar-refractivity contribution in [1.82, 2.24) is 4.90 Å². The van der Waals surface area contributed by atoms with Gasteiger partial charge in [0.25, 0.3) is 0 Å². The van der Waals surface area contributed by atoms with Crippen LogP contribution in [-0.4, -0.2) is 40.9 Å². The highest BCUT2D eigenvalue weighted by Crippen LogP contribution is 2.13. The van der Waals surface area contributed by atoms with E-state index in [0.717, 1.165) is 5.75 Å². The summed E-state index contributed by atoms with van der Waals surface area (Å²) in [7, 11) is 0. The average molecular weight is 267 g/mol. The van der Waals surface area contributed by atoms with Gasteiger partial charge in [-0.3, -0.25) is 4.79 Å². The molecule has 1 amide bonds. The number of rotatable bonds is 7. The molecule has 0 heterocycles. The molecule has 0 saturated heterocycles. The highest BCUT2D eigenvalue weighted by atomic mass is 32.2. The average Bonchev–Trinajstić information content (AvgIpc) is 2.36. The van der Waals surface area contributed by atoms with Crippen molar-refractivity contribution in [2.45, 2.75) is 25.6 Å². The Morgan fingerprint density at radius 1 is 1.33 bits per heavy atom. The molecule has 100 valence electrons. The number of carbonyl (C=O) groups is 1. The zero-order chi connectivity index (χ0) is 13.4. The Labute approximate surface area is 113 Å². The van der Waals surface area contributed by atoms with Gasteiger partial charge in [0.15, 0.2) is 0 Å². The molecule has 0 atom stereocenters. The van der Waals surface area contributed by atoms with Crippen LogP contribution in [0.3, 0.4) is 0 Å². The van der Waals surface area contributed by atoms with Gasteiger partial charge in [0, 0.05) is 18.3 Å². The van der Waals surface area contributed by atoms with Gasteiger partial charge in [-0.15, -0.1) is 11.8 Å². The molecule has 4 heteroatoms. The lowest BCUT2D eigenvalue weighted by atomic mass is 10.2. The van der Waals surface area contributed by atoms with Gasteiger partial charge in [0.05, 0.1) is 12.4 Å². The van der Waals surface area contributed by atoms with E-state index < -0.39 is 0 Å². The Balaban J connectivity index is 2.36. The maximum Gasteiger partial charge on any atom is 0.232 e. The molecule has 3 nitrogen and oxygen atoms in total. The minimum absolute atomic E-state index is 0.0211. The van der Waals surface area contributed by atoms with Crippen molar-refractivity contribution in [3.05, 3.63) is 35.9 Å². The molecular weight excluding hydrogens is 246 g/mol.